The summed E-state index contributed by atoms with van der Waals surface area (Å²) in [6.45, 7) is 5.63. The Kier molecular flexibility index (Phi) is 6.13. The molecule has 0 aromatic heterocycles. The lowest BCUT2D eigenvalue weighted by Crippen LogP contribution is -2.27. The molecule has 2 rings (SSSR count). The molecule has 0 saturated carbocycles. The normalized spacial score (nSPS) is 13.0. The van der Waals surface area contributed by atoms with Crippen molar-refractivity contribution in [3.8, 4) is 0 Å². The summed E-state index contributed by atoms with van der Waals surface area (Å²) in [6, 6.07) is 17.1. The summed E-state index contributed by atoms with van der Waals surface area (Å²) in [5, 5.41) is 2.61. The van der Waals surface area contributed by atoms with Gasteiger partial charge < -0.3 is 4.74 Å². The quantitative estimate of drug-likeness (QED) is 0.838. The standard InChI is InChI=1S/C20H23NO3/c1-14-9-11-17(12-10-14)15(2)13-19(22)16(3)24-20(23)21-18-7-5-4-6-8-18/h4-12,15-16H,13H2,1-3H3,(H,21,23). The van der Waals surface area contributed by atoms with Crippen molar-refractivity contribution in [3.63, 3.8) is 0 Å². The van der Waals surface area contributed by atoms with Crippen LogP contribution in [0.4, 0.5) is 10.5 Å². The van der Waals surface area contributed by atoms with Crippen molar-refractivity contribution in [1.82, 2.24) is 0 Å². The third kappa shape index (κ3) is 5.23. The van der Waals surface area contributed by atoms with Crippen molar-refractivity contribution in [2.45, 2.75) is 39.2 Å². The van der Waals surface area contributed by atoms with Crippen LogP contribution < -0.4 is 5.32 Å². The minimum atomic E-state index is -0.776. The van der Waals surface area contributed by atoms with Crippen molar-refractivity contribution < 1.29 is 14.3 Å². The molecule has 0 aliphatic heterocycles. The number of ketones is 1. The third-order valence-corrected chi connectivity index (χ3v) is 3.91. The molecule has 0 saturated heterocycles. The monoisotopic (exact) mass is 325 g/mol. The first-order valence-electron chi connectivity index (χ1n) is 8.07. The van der Waals surface area contributed by atoms with Gasteiger partial charge in [-0.15, -0.1) is 0 Å². The lowest BCUT2D eigenvalue weighted by molar-refractivity contribution is -0.126. The highest BCUT2D eigenvalue weighted by molar-refractivity contribution is 5.89. The second-order valence-corrected chi connectivity index (χ2v) is 6.02. The molecule has 0 radical (unpaired) electrons. The van der Waals surface area contributed by atoms with Gasteiger partial charge in [0.25, 0.3) is 0 Å². The fourth-order valence-electron chi connectivity index (χ4n) is 2.38. The van der Waals surface area contributed by atoms with Gasteiger partial charge in [0.2, 0.25) is 0 Å². The SMILES string of the molecule is Cc1ccc(C(C)CC(=O)C(C)OC(=O)Nc2ccccc2)cc1. The van der Waals surface area contributed by atoms with E-state index in [0.29, 0.717) is 12.1 Å². The minimum absolute atomic E-state index is 0.0846. The molecule has 0 fully saturated rings. The van der Waals surface area contributed by atoms with Gasteiger partial charge in [-0.1, -0.05) is 55.0 Å². The molecule has 1 N–H and O–H groups in total. The number of rotatable bonds is 6. The van der Waals surface area contributed by atoms with E-state index in [1.807, 2.05) is 56.3 Å². The van der Waals surface area contributed by atoms with Crippen LogP contribution in [-0.2, 0) is 9.53 Å². The Bertz CT molecular complexity index is 680. The molecule has 4 nitrogen and oxygen atoms in total. The summed E-state index contributed by atoms with van der Waals surface area (Å²) in [4.78, 5) is 24.1. The van der Waals surface area contributed by atoms with E-state index in [1.54, 1.807) is 19.1 Å². The zero-order valence-electron chi connectivity index (χ0n) is 14.3. The highest BCUT2D eigenvalue weighted by atomic mass is 16.6. The molecule has 1 amide bonds. The van der Waals surface area contributed by atoms with Crippen LogP contribution in [0.2, 0.25) is 0 Å². The van der Waals surface area contributed by atoms with Crippen LogP contribution in [0.1, 0.15) is 37.3 Å². The molecule has 126 valence electrons. The molecule has 0 aliphatic carbocycles. The first kappa shape index (κ1) is 17.7. The predicted molar refractivity (Wildman–Crippen MR) is 95.2 cm³/mol. The summed E-state index contributed by atoms with van der Waals surface area (Å²) < 4.78 is 5.17. The van der Waals surface area contributed by atoms with Crippen LogP contribution in [0.25, 0.3) is 0 Å². The summed E-state index contributed by atoms with van der Waals surface area (Å²) in [6.07, 6.45) is -1.06. The zero-order valence-corrected chi connectivity index (χ0v) is 14.3. The smallest absolute Gasteiger partial charge is 0.412 e. The van der Waals surface area contributed by atoms with E-state index in [2.05, 4.69) is 5.32 Å². The van der Waals surface area contributed by atoms with Crippen LogP contribution >= 0.6 is 0 Å². The van der Waals surface area contributed by atoms with Gasteiger partial charge in [0.05, 0.1) is 0 Å². The van der Waals surface area contributed by atoms with E-state index in [4.69, 9.17) is 4.74 Å². The number of carbonyl (C=O) groups is 2. The Morgan fingerprint density at radius 1 is 1.00 bits per heavy atom. The average molecular weight is 325 g/mol. The Labute approximate surface area is 142 Å². The Morgan fingerprint density at radius 3 is 2.25 bits per heavy atom. The summed E-state index contributed by atoms with van der Waals surface area (Å²) >= 11 is 0. The molecule has 4 heteroatoms. The number of nitrogens with one attached hydrogen (secondary N) is 1. The van der Waals surface area contributed by atoms with Crippen molar-refractivity contribution in [1.29, 1.82) is 0 Å². The fraction of sp³-hybridized carbons (Fsp3) is 0.300. The van der Waals surface area contributed by atoms with Gasteiger partial charge in [-0.3, -0.25) is 10.1 Å². The van der Waals surface area contributed by atoms with E-state index >= 15 is 0 Å². The van der Waals surface area contributed by atoms with Gasteiger partial charge in [0.1, 0.15) is 0 Å². The van der Waals surface area contributed by atoms with Gasteiger partial charge in [0.15, 0.2) is 11.9 Å². The van der Waals surface area contributed by atoms with E-state index < -0.39 is 12.2 Å². The first-order valence-corrected chi connectivity index (χ1v) is 8.07. The van der Waals surface area contributed by atoms with Gasteiger partial charge in [-0.05, 0) is 37.5 Å². The van der Waals surface area contributed by atoms with Crippen LogP contribution in [0.5, 0.6) is 0 Å². The van der Waals surface area contributed by atoms with Gasteiger partial charge in [-0.25, -0.2) is 4.79 Å². The van der Waals surface area contributed by atoms with E-state index in [-0.39, 0.29) is 11.7 Å². The number of hydrogen-bond acceptors (Lipinski definition) is 3. The Balaban J connectivity index is 1.85. The molecule has 2 unspecified atom stereocenters. The minimum Gasteiger partial charge on any atom is -0.438 e. The van der Waals surface area contributed by atoms with Crippen molar-refractivity contribution in [2.24, 2.45) is 0 Å². The number of para-hydroxylation sites is 1. The van der Waals surface area contributed by atoms with E-state index in [9.17, 15) is 9.59 Å². The van der Waals surface area contributed by atoms with Crippen molar-refractivity contribution in [3.05, 3.63) is 65.7 Å². The molecule has 0 bridgehead atoms. The molecule has 2 aromatic carbocycles. The summed E-state index contributed by atoms with van der Waals surface area (Å²) in [5.74, 6) is -0.00683. The molecule has 2 atom stereocenters. The summed E-state index contributed by atoms with van der Waals surface area (Å²) in [7, 11) is 0. The summed E-state index contributed by atoms with van der Waals surface area (Å²) in [5.41, 5.74) is 2.93. The van der Waals surface area contributed by atoms with Crippen molar-refractivity contribution in [2.75, 3.05) is 5.32 Å². The molecular weight excluding hydrogens is 302 g/mol. The van der Waals surface area contributed by atoms with E-state index in [0.717, 1.165) is 5.56 Å². The highest BCUT2D eigenvalue weighted by Gasteiger charge is 2.20. The zero-order chi connectivity index (χ0) is 17.5. The van der Waals surface area contributed by atoms with Crippen LogP contribution in [0, 0.1) is 6.92 Å². The molecule has 0 heterocycles. The molecule has 24 heavy (non-hydrogen) atoms. The number of ether oxygens (including phenoxy) is 1. The second kappa shape index (κ2) is 8.29. The van der Waals surface area contributed by atoms with Gasteiger partial charge in [-0.2, -0.15) is 0 Å². The maximum Gasteiger partial charge on any atom is 0.412 e. The van der Waals surface area contributed by atoms with Crippen molar-refractivity contribution >= 4 is 17.6 Å². The molecule has 0 spiro atoms. The number of amides is 1. The topological polar surface area (TPSA) is 55.4 Å². The van der Waals surface area contributed by atoms with Crippen LogP contribution in [-0.4, -0.2) is 18.0 Å². The van der Waals surface area contributed by atoms with Crippen LogP contribution in [0.3, 0.4) is 0 Å². The first-order chi connectivity index (χ1) is 11.5. The average Bonchev–Trinajstić information content (AvgIpc) is 2.56. The Morgan fingerprint density at radius 2 is 1.62 bits per heavy atom. The highest BCUT2D eigenvalue weighted by Crippen LogP contribution is 2.21. The number of aryl methyl sites for hydroxylation is 1. The number of Topliss-reactive ketones (excluding diaryl/α,β-unsaturated/α-hetero) is 1. The maximum atomic E-state index is 12.3. The number of benzene rings is 2. The van der Waals surface area contributed by atoms with Gasteiger partial charge >= 0.3 is 6.09 Å². The van der Waals surface area contributed by atoms with Crippen LogP contribution in [0.15, 0.2) is 54.6 Å². The largest absolute Gasteiger partial charge is 0.438 e. The third-order valence-electron chi connectivity index (χ3n) is 3.91. The number of hydrogen-bond donors (Lipinski definition) is 1. The number of anilines is 1. The lowest BCUT2D eigenvalue weighted by Gasteiger charge is -2.16. The molecule has 2 aromatic rings. The second-order valence-electron chi connectivity index (χ2n) is 6.02. The Hall–Kier alpha value is -2.62. The molecular formula is C20H23NO3. The van der Waals surface area contributed by atoms with E-state index in [1.165, 1.54) is 5.56 Å². The fourth-order valence-corrected chi connectivity index (χ4v) is 2.38. The predicted octanol–water partition coefficient (Wildman–Crippen LogP) is 4.69. The lowest BCUT2D eigenvalue weighted by atomic mass is 9.94. The molecule has 0 aliphatic rings. The number of carbonyl (C=O) groups excluding carboxylic acids is 2. The van der Waals surface area contributed by atoms with Gasteiger partial charge in [0, 0.05) is 12.1 Å². The maximum absolute atomic E-state index is 12.3.